The zero-order chi connectivity index (χ0) is 8.48. The molecule has 1 aromatic carbocycles. The van der Waals surface area contributed by atoms with Crippen molar-refractivity contribution < 1.29 is 25.4 Å². The lowest BCUT2D eigenvalue weighted by Crippen LogP contribution is -3.00. The second kappa shape index (κ2) is 3.75. The van der Waals surface area contributed by atoms with Gasteiger partial charge in [-0.15, -0.1) is 0 Å². The minimum Gasteiger partial charge on any atom is -1.00 e. The summed E-state index contributed by atoms with van der Waals surface area (Å²) >= 11 is 0. The van der Waals surface area contributed by atoms with Gasteiger partial charge < -0.3 is 18.1 Å². The van der Waals surface area contributed by atoms with Gasteiger partial charge >= 0.3 is 0 Å². The van der Waals surface area contributed by atoms with E-state index in [2.05, 4.69) is 0 Å². The molecule has 0 unspecified atom stereocenters. The molecule has 68 valence electrons. The van der Waals surface area contributed by atoms with Crippen molar-refractivity contribution in [2.45, 2.75) is 4.90 Å². The fourth-order valence-electron chi connectivity index (χ4n) is 0.715. The normalized spacial score (nSPS) is 10.4. The van der Waals surface area contributed by atoms with Crippen molar-refractivity contribution in [2.24, 2.45) is 0 Å². The Hall–Kier alpha value is -0.780. The van der Waals surface area contributed by atoms with Crippen LogP contribution in [0.2, 0.25) is 0 Å². The van der Waals surface area contributed by atoms with Gasteiger partial charge in [0.15, 0.2) is 0 Å². The van der Waals surface area contributed by atoms with E-state index in [4.69, 9.17) is 10.3 Å². The van der Waals surface area contributed by atoms with Crippen LogP contribution in [0.5, 0.6) is 0 Å². The van der Waals surface area contributed by atoms with E-state index in [0.717, 1.165) is 0 Å². The maximum absolute atomic E-state index is 10.5. The molecule has 0 aliphatic rings. The van der Waals surface area contributed by atoms with Gasteiger partial charge in [0, 0.05) is 0 Å². The summed E-state index contributed by atoms with van der Waals surface area (Å²) in [6.07, 6.45) is 0. The predicted octanol–water partition coefficient (Wildman–Crippen LogP) is -2.48. The summed E-state index contributed by atoms with van der Waals surface area (Å²) in [6, 6.07) is 5.72. The lowest BCUT2D eigenvalue weighted by atomic mass is 10.3. The predicted molar refractivity (Wildman–Crippen MR) is 40.7 cm³/mol. The van der Waals surface area contributed by atoms with Gasteiger partial charge in [-0.05, 0) is 12.1 Å². The molecule has 0 fully saturated rings. The molecule has 0 aromatic heterocycles. The largest absolute Gasteiger partial charge is 1.00 e. The fraction of sp³-hybridized carbons (Fsp3) is 0. The number of nitrogens with two attached hydrogens (primary N) is 1. The molecule has 1 aromatic rings. The number of anilines is 1. The molecule has 3 N–H and O–H groups in total. The van der Waals surface area contributed by atoms with Crippen molar-refractivity contribution in [3.05, 3.63) is 24.3 Å². The first kappa shape index (κ1) is 11.2. The molecule has 0 radical (unpaired) electrons. The molecule has 0 saturated carbocycles. The highest BCUT2D eigenvalue weighted by molar-refractivity contribution is 7.86. The Bertz CT molecular complexity index is 363. The Morgan fingerprint density at radius 2 is 1.75 bits per heavy atom. The molecule has 0 aliphatic carbocycles. The van der Waals surface area contributed by atoms with Crippen LogP contribution in [-0.2, 0) is 10.1 Å². The molecule has 0 spiro atoms. The molecule has 1 rings (SSSR count). The third-order valence-corrected chi connectivity index (χ3v) is 2.12. The highest BCUT2D eigenvalue weighted by Crippen LogP contribution is 2.15. The Morgan fingerprint density at radius 1 is 1.25 bits per heavy atom. The van der Waals surface area contributed by atoms with Gasteiger partial charge in [-0.1, -0.05) is 12.1 Å². The molecule has 0 aliphatic heterocycles. The Kier molecular flexibility index (Phi) is 3.51. The monoisotopic (exact) mass is 208 g/mol. The van der Waals surface area contributed by atoms with Crippen LogP contribution in [0.1, 0.15) is 0 Å². The summed E-state index contributed by atoms with van der Waals surface area (Å²) in [5.74, 6) is 0. The molecule has 0 atom stereocenters. The van der Waals surface area contributed by atoms with Crippen LogP contribution < -0.4 is 18.1 Å². The maximum Gasteiger partial charge on any atom is 0.296 e. The van der Waals surface area contributed by atoms with E-state index in [-0.39, 0.29) is 23.0 Å². The second-order valence-electron chi connectivity index (χ2n) is 2.01. The number of rotatable bonds is 1. The Morgan fingerprint density at radius 3 is 2.08 bits per heavy atom. The van der Waals surface area contributed by atoms with E-state index in [1.54, 1.807) is 6.07 Å². The first-order valence-corrected chi connectivity index (χ1v) is 4.28. The average Bonchev–Trinajstić information content (AvgIpc) is 1.86. The smallest absolute Gasteiger partial charge is 0.296 e. The molecule has 0 saturated heterocycles. The third kappa shape index (κ3) is 2.37. The van der Waals surface area contributed by atoms with Gasteiger partial charge in [0.05, 0.1) is 5.69 Å². The second-order valence-corrected chi connectivity index (χ2v) is 3.40. The van der Waals surface area contributed by atoms with Gasteiger partial charge in [0.1, 0.15) is 4.90 Å². The number of benzene rings is 1. The Balaban J connectivity index is 0.00000121. The van der Waals surface area contributed by atoms with Crippen molar-refractivity contribution in [1.29, 1.82) is 0 Å². The SMILES string of the molecule is Nc1ccccc1S(=O)(=O)O.[Cl-]. The van der Waals surface area contributed by atoms with Crippen LogP contribution >= 0.6 is 0 Å². The zero-order valence-electron chi connectivity index (χ0n) is 5.94. The van der Waals surface area contributed by atoms with Crippen LogP contribution in [0.15, 0.2) is 29.2 Å². The number of hydrogen-bond donors (Lipinski definition) is 2. The molecule has 12 heavy (non-hydrogen) atoms. The van der Waals surface area contributed by atoms with Gasteiger partial charge in [0.25, 0.3) is 10.1 Å². The van der Waals surface area contributed by atoms with Crippen LogP contribution in [0.25, 0.3) is 0 Å². The van der Waals surface area contributed by atoms with Crippen LogP contribution in [0, 0.1) is 0 Å². The summed E-state index contributed by atoms with van der Waals surface area (Å²) in [6.45, 7) is 0. The summed E-state index contributed by atoms with van der Waals surface area (Å²) in [4.78, 5) is -0.250. The zero-order valence-corrected chi connectivity index (χ0v) is 7.51. The van der Waals surface area contributed by atoms with Crippen molar-refractivity contribution >= 4 is 15.8 Å². The highest BCUT2D eigenvalue weighted by Gasteiger charge is 2.11. The first-order chi connectivity index (χ1) is 5.02. The van der Waals surface area contributed by atoms with Crippen LogP contribution in [0.4, 0.5) is 5.69 Å². The minimum atomic E-state index is -4.16. The summed E-state index contributed by atoms with van der Waals surface area (Å²) in [5.41, 5.74) is 5.32. The van der Waals surface area contributed by atoms with E-state index in [0.29, 0.717) is 0 Å². The van der Waals surface area contributed by atoms with Crippen LogP contribution in [-0.4, -0.2) is 13.0 Å². The number of halogens is 1. The number of nitrogen functional groups attached to an aromatic ring is 1. The minimum absolute atomic E-state index is 0. The molecule has 6 heteroatoms. The van der Waals surface area contributed by atoms with E-state index < -0.39 is 10.1 Å². The Labute approximate surface area is 76.6 Å². The number of hydrogen-bond acceptors (Lipinski definition) is 3. The van der Waals surface area contributed by atoms with Crippen molar-refractivity contribution in [2.75, 3.05) is 5.73 Å². The van der Waals surface area contributed by atoms with Gasteiger partial charge in [-0.2, -0.15) is 8.42 Å². The summed E-state index contributed by atoms with van der Waals surface area (Å²) in [7, 11) is -4.16. The third-order valence-electron chi connectivity index (χ3n) is 1.20. The van der Waals surface area contributed by atoms with Crippen LogP contribution in [0.3, 0.4) is 0 Å². The van der Waals surface area contributed by atoms with Crippen molar-refractivity contribution in [3.63, 3.8) is 0 Å². The molecule has 0 heterocycles. The fourth-order valence-corrected chi connectivity index (χ4v) is 1.33. The van der Waals surface area contributed by atoms with Crippen molar-refractivity contribution in [1.82, 2.24) is 0 Å². The van der Waals surface area contributed by atoms with Gasteiger partial charge in [0.2, 0.25) is 0 Å². The topological polar surface area (TPSA) is 80.4 Å². The molecule has 4 nitrogen and oxygen atoms in total. The summed E-state index contributed by atoms with van der Waals surface area (Å²) < 4.78 is 29.6. The average molecular weight is 209 g/mol. The molecule has 0 amide bonds. The number of para-hydroxylation sites is 1. The van der Waals surface area contributed by atoms with E-state index in [1.165, 1.54) is 18.2 Å². The van der Waals surface area contributed by atoms with Gasteiger partial charge in [-0.3, -0.25) is 4.55 Å². The van der Waals surface area contributed by atoms with Crippen molar-refractivity contribution in [3.8, 4) is 0 Å². The molecular formula is C6H7ClNO3S-. The molecule has 0 bridgehead atoms. The summed E-state index contributed by atoms with van der Waals surface area (Å²) in [5, 5.41) is 0. The maximum atomic E-state index is 10.5. The van der Waals surface area contributed by atoms with E-state index >= 15 is 0 Å². The van der Waals surface area contributed by atoms with E-state index in [9.17, 15) is 8.42 Å². The molecular weight excluding hydrogens is 202 g/mol. The quantitative estimate of drug-likeness (QED) is 0.396. The van der Waals surface area contributed by atoms with E-state index in [1.807, 2.05) is 0 Å². The first-order valence-electron chi connectivity index (χ1n) is 2.84. The lowest BCUT2D eigenvalue weighted by Gasteiger charge is -1.98. The highest BCUT2D eigenvalue weighted by atomic mass is 35.5. The lowest BCUT2D eigenvalue weighted by molar-refractivity contribution is -0.00000649. The standard InChI is InChI=1S/C6H7NO3S.ClH/c7-5-3-1-2-4-6(5)11(8,9)10;/h1-4H,7H2,(H,8,9,10);1H/p-1. The van der Waals surface area contributed by atoms with Gasteiger partial charge in [-0.25, -0.2) is 0 Å².